The Bertz CT molecular complexity index is 780. The molecule has 0 saturated carbocycles. The molecule has 2 rings (SSSR count). The third kappa shape index (κ3) is 4.32. The van der Waals surface area contributed by atoms with Crippen molar-refractivity contribution in [2.75, 3.05) is 14.2 Å². The van der Waals surface area contributed by atoms with Crippen molar-refractivity contribution in [2.45, 2.75) is 26.3 Å². The van der Waals surface area contributed by atoms with Crippen molar-refractivity contribution < 1.29 is 28.6 Å². The van der Waals surface area contributed by atoms with E-state index in [1.54, 1.807) is 38.1 Å². The van der Waals surface area contributed by atoms with Gasteiger partial charge in [0.05, 0.1) is 26.7 Å². The van der Waals surface area contributed by atoms with E-state index in [1.165, 1.54) is 14.2 Å². The zero-order valence-electron chi connectivity index (χ0n) is 14.6. The first-order valence-electron chi connectivity index (χ1n) is 7.67. The maximum atomic E-state index is 12.5. The number of aliphatic carboxylic acids is 1. The lowest BCUT2D eigenvalue weighted by molar-refractivity contribution is -0.137. The Morgan fingerprint density at radius 1 is 1.20 bits per heavy atom. The highest BCUT2D eigenvalue weighted by molar-refractivity contribution is 5.93. The maximum absolute atomic E-state index is 12.5. The van der Waals surface area contributed by atoms with Gasteiger partial charge < -0.3 is 24.3 Å². The fourth-order valence-corrected chi connectivity index (χ4v) is 2.61. The number of carbonyl (C=O) groups excluding carboxylic acids is 1. The van der Waals surface area contributed by atoms with Crippen LogP contribution in [0.25, 0.3) is 0 Å². The average molecular weight is 347 g/mol. The van der Waals surface area contributed by atoms with Crippen LogP contribution in [0.3, 0.4) is 0 Å². The van der Waals surface area contributed by atoms with Crippen molar-refractivity contribution in [1.29, 1.82) is 0 Å². The number of amides is 1. The summed E-state index contributed by atoms with van der Waals surface area (Å²) in [4.78, 5) is 23.8. The first-order chi connectivity index (χ1) is 11.8. The molecule has 0 spiro atoms. The minimum atomic E-state index is -1.05. The fourth-order valence-electron chi connectivity index (χ4n) is 2.61. The van der Waals surface area contributed by atoms with Crippen molar-refractivity contribution in [3.05, 3.63) is 46.9 Å². The minimum absolute atomic E-state index is 0.167. The lowest BCUT2D eigenvalue weighted by Crippen LogP contribution is -2.30. The van der Waals surface area contributed by atoms with Crippen LogP contribution in [0.15, 0.2) is 28.7 Å². The maximum Gasteiger partial charge on any atom is 0.305 e. The van der Waals surface area contributed by atoms with E-state index in [9.17, 15) is 14.7 Å². The number of ether oxygens (including phenoxy) is 2. The third-order valence-corrected chi connectivity index (χ3v) is 3.75. The van der Waals surface area contributed by atoms with Crippen molar-refractivity contribution >= 4 is 11.9 Å². The summed E-state index contributed by atoms with van der Waals surface area (Å²) in [5, 5.41) is 11.9. The molecule has 0 aliphatic heterocycles. The summed E-state index contributed by atoms with van der Waals surface area (Å²) in [5.74, 6) is 0.252. The lowest BCUT2D eigenvalue weighted by atomic mass is 10.0. The Kier molecular flexibility index (Phi) is 5.69. The van der Waals surface area contributed by atoms with Crippen molar-refractivity contribution in [3.8, 4) is 11.5 Å². The fraction of sp³-hybridized carbons (Fsp3) is 0.333. The van der Waals surface area contributed by atoms with E-state index in [-0.39, 0.29) is 12.2 Å². The van der Waals surface area contributed by atoms with Gasteiger partial charge in [-0.25, -0.2) is 0 Å². The molecule has 0 saturated heterocycles. The Labute approximate surface area is 145 Å². The van der Waals surface area contributed by atoms with Crippen LogP contribution in [0.2, 0.25) is 0 Å². The number of hydrogen-bond donors (Lipinski definition) is 2. The molecule has 2 aromatic rings. The average Bonchev–Trinajstić information content (AvgIpc) is 2.91. The number of carboxylic acid groups (broad SMARTS) is 1. The highest BCUT2D eigenvalue weighted by Gasteiger charge is 2.24. The van der Waals surface area contributed by atoms with Gasteiger partial charge in [-0.2, -0.15) is 0 Å². The van der Waals surface area contributed by atoms with Gasteiger partial charge in [0.1, 0.15) is 17.3 Å². The van der Waals surface area contributed by atoms with Crippen LogP contribution < -0.4 is 14.8 Å². The largest absolute Gasteiger partial charge is 0.497 e. The zero-order chi connectivity index (χ0) is 18.6. The standard InChI is InChI=1S/C18H21NO6/c1-10-7-11(2)25-17(10)18(22)19-14(9-16(20)21)13-6-5-12(23-3)8-15(13)24-4/h5-8,14H,9H2,1-4H3,(H,19,22)(H,20,21). The second-order valence-electron chi connectivity index (χ2n) is 5.60. The molecule has 25 heavy (non-hydrogen) atoms. The smallest absolute Gasteiger partial charge is 0.305 e. The number of rotatable bonds is 7. The molecule has 1 heterocycles. The van der Waals surface area contributed by atoms with Crippen molar-refractivity contribution in [1.82, 2.24) is 5.32 Å². The monoisotopic (exact) mass is 347 g/mol. The lowest BCUT2D eigenvalue weighted by Gasteiger charge is -2.20. The van der Waals surface area contributed by atoms with Crippen LogP contribution in [-0.2, 0) is 4.79 Å². The van der Waals surface area contributed by atoms with Gasteiger partial charge in [0.2, 0.25) is 0 Å². The van der Waals surface area contributed by atoms with Gasteiger partial charge in [-0.3, -0.25) is 9.59 Å². The normalized spacial score (nSPS) is 11.7. The van der Waals surface area contributed by atoms with Gasteiger partial charge >= 0.3 is 5.97 Å². The zero-order valence-corrected chi connectivity index (χ0v) is 14.6. The van der Waals surface area contributed by atoms with Crippen LogP contribution in [-0.4, -0.2) is 31.2 Å². The Morgan fingerprint density at radius 3 is 2.44 bits per heavy atom. The second-order valence-corrected chi connectivity index (χ2v) is 5.60. The SMILES string of the molecule is COc1ccc(C(CC(=O)O)NC(=O)c2oc(C)cc2C)c(OC)c1. The van der Waals surface area contributed by atoms with Crippen LogP contribution in [0.4, 0.5) is 0 Å². The number of furan rings is 1. The van der Waals surface area contributed by atoms with Crippen LogP contribution >= 0.6 is 0 Å². The number of aryl methyl sites for hydroxylation is 2. The summed E-state index contributed by atoms with van der Waals surface area (Å²) in [7, 11) is 2.99. The molecule has 0 radical (unpaired) electrons. The Morgan fingerprint density at radius 2 is 1.92 bits per heavy atom. The molecule has 1 aromatic heterocycles. The number of hydrogen-bond acceptors (Lipinski definition) is 5. The summed E-state index contributed by atoms with van der Waals surface area (Å²) < 4.78 is 15.9. The van der Waals surface area contributed by atoms with Crippen LogP contribution in [0.5, 0.6) is 11.5 Å². The van der Waals surface area contributed by atoms with Gasteiger partial charge in [0.25, 0.3) is 5.91 Å². The predicted molar refractivity (Wildman–Crippen MR) is 90.2 cm³/mol. The van der Waals surface area contributed by atoms with E-state index in [4.69, 9.17) is 13.9 Å². The molecular formula is C18H21NO6. The first kappa shape index (κ1) is 18.4. The molecule has 2 N–H and O–H groups in total. The van der Waals surface area contributed by atoms with E-state index in [2.05, 4.69) is 5.32 Å². The molecule has 1 unspecified atom stereocenters. The molecule has 0 aliphatic rings. The van der Waals surface area contributed by atoms with Gasteiger partial charge in [0.15, 0.2) is 5.76 Å². The molecule has 0 fully saturated rings. The van der Waals surface area contributed by atoms with Crippen molar-refractivity contribution in [3.63, 3.8) is 0 Å². The van der Waals surface area contributed by atoms with Gasteiger partial charge in [-0.05, 0) is 32.0 Å². The highest BCUT2D eigenvalue weighted by atomic mass is 16.5. The molecule has 1 atom stereocenters. The summed E-state index contributed by atoms with van der Waals surface area (Å²) in [5.41, 5.74) is 1.23. The quantitative estimate of drug-likeness (QED) is 0.799. The van der Waals surface area contributed by atoms with Crippen LogP contribution in [0, 0.1) is 13.8 Å². The molecule has 134 valence electrons. The number of nitrogens with one attached hydrogen (secondary N) is 1. The van der Waals surface area contributed by atoms with Gasteiger partial charge in [-0.15, -0.1) is 0 Å². The van der Waals surface area contributed by atoms with E-state index in [0.717, 1.165) is 0 Å². The summed E-state index contributed by atoms with van der Waals surface area (Å²) in [6.07, 6.45) is -0.298. The third-order valence-electron chi connectivity index (χ3n) is 3.75. The van der Waals surface area contributed by atoms with E-state index in [1.807, 2.05) is 0 Å². The van der Waals surface area contributed by atoms with E-state index < -0.39 is 17.9 Å². The van der Waals surface area contributed by atoms with Gasteiger partial charge in [-0.1, -0.05) is 0 Å². The number of carbonyl (C=O) groups is 2. The molecule has 0 aliphatic carbocycles. The second kappa shape index (κ2) is 7.74. The number of carboxylic acids is 1. The molecule has 1 amide bonds. The molecular weight excluding hydrogens is 326 g/mol. The Hall–Kier alpha value is -2.96. The van der Waals surface area contributed by atoms with Gasteiger partial charge in [0, 0.05) is 17.2 Å². The highest BCUT2D eigenvalue weighted by Crippen LogP contribution is 2.31. The van der Waals surface area contributed by atoms with E-state index >= 15 is 0 Å². The molecule has 1 aromatic carbocycles. The van der Waals surface area contributed by atoms with Crippen molar-refractivity contribution in [2.24, 2.45) is 0 Å². The molecule has 0 bridgehead atoms. The number of benzene rings is 1. The summed E-state index contributed by atoms with van der Waals surface area (Å²) in [6.45, 7) is 3.50. The summed E-state index contributed by atoms with van der Waals surface area (Å²) in [6, 6.07) is 5.95. The molecule has 7 nitrogen and oxygen atoms in total. The summed E-state index contributed by atoms with van der Waals surface area (Å²) >= 11 is 0. The predicted octanol–water partition coefficient (Wildman–Crippen LogP) is 2.86. The van der Waals surface area contributed by atoms with E-state index in [0.29, 0.717) is 28.4 Å². The Balaban J connectivity index is 2.35. The number of methoxy groups -OCH3 is 2. The minimum Gasteiger partial charge on any atom is -0.497 e. The van der Waals surface area contributed by atoms with Crippen LogP contribution in [0.1, 0.15) is 39.9 Å². The first-order valence-corrected chi connectivity index (χ1v) is 7.67. The topological polar surface area (TPSA) is 98.0 Å². The molecule has 7 heteroatoms.